The van der Waals surface area contributed by atoms with Gasteiger partial charge in [-0.05, 0) is 139 Å². The Bertz CT molecular complexity index is 6300. The van der Waals surface area contributed by atoms with Crippen molar-refractivity contribution in [3.8, 4) is 124 Å². The van der Waals surface area contributed by atoms with Gasteiger partial charge in [0, 0.05) is 37.2 Å². The number of nitrogens with zero attached hydrogens (tertiary/aromatic N) is 9. The van der Waals surface area contributed by atoms with E-state index < -0.39 is 0 Å². The summed E-state index contributed by atoms with van der Waals surface area (Å²) in [6.07, 6.45) is 10.8. The van der Waals surface area contributed by atoms with Gasteiger partial charge in [-0.2, -0.15) is 0 Å². The Morgan fingerprint density at radius 1 is 0.133 bits per heavy atom. The largest absolute Gasteiger partial charge is 3.00 e. The topological polar surface area (TPSA) is 116 Å². The molecule has 0 atom stereocenters. The molecular weight excluding hydrogens is 2180 g/mol. The summed E-state index contributed by atoms with van der Waals surface area (Å²) < 4.78 is 0. The summed E-state index contributed by atoms with van der Waals surface area (Å²) in [4.78, 5) is 39.5. The van der Waals surface area contributed by atoms with Crippen LogP contribution in [0.3, 0.4) is 0 Å². The average Bonchev–Trinajstić information content (AvgIpc) is 0.837. The molecule has 0 saturated heterocycles. The van der Waals surface area contributed by atoms with Crippen molar-refractivity contribution in [2.75, 3.05) is 0 Å². The molecule has 9 nitrogen and oxygen atoms in total. The van der Waals surface area contributed by atoms with E-state index in [0.29, 0.717) is 0 Å². The van der Waals surface area contributed by atoms with Crippen molar-refractivity contribution >= 4 is 32.7 Å². The standard InChI is InChI=1S/2C17H12N.3C15H10N.4C11H8N.3Ir/c1-3-7-14(8-4-1)16-11-12-18-17(13-16)15-9-5-2-6-10-15;1-2-7-14(8-3-1)15-9-6-10-16(13-15)17-11-4-5-12-18-17;3*1-2-6-12(7-3-1)15-11-10-13-8-4-5-9-14(13)16-15;4*1-2-6-10(7-3-1)11-8-4-5-9-12-11;;;/h2*1-9,11-13H;3*1-6,8-11H;4*1-6,8-9H;;;/q9*-1;3*+3. The van der Waals surface area contributed by atoms with E-state index in [9.17, 15) is 0 Å². The smallest absolute Gasteiger partial charge is 0.305 e. The zero-order valence-corrected chi connectivity index (χ0v) is 80.4. The molecule has 650 valence electrons. The van der Waals surface area contributed by atoms with Crippen LogP contribution in [0.5, 0.6) is 0 Å². The average molecular weight is 2270 g/mol. The SMILES string of the molecule is [Ir+3].[Ir+3].[Ir+3].[c-]1ccc(-c2ccccc2)cc1-c1ccccn1.[c-]1ccccc1-c1cc(-c2ccccc2)ccn1.[c-]1ccccc1-c1ccc2ccccc2n1.[c-]1ccccc1-c1ccc2ccccc2n1.[c-]1ccccc1-c1ccc2ccccc2n1.[c-]1ccccc1-c1ccccn1.[c-]1ccccc1-c1ccccn1.[c-]1ccccc1-c1ccccn1.[c-]1ccccc1-c1ccccn1. The molecule has 23 rings (SSSR count). The van der Waals surface area contributed by atoms with Crippen LogP contribution in [0.4, 0.5) is 0 Å². The van der Waals surface area contributed by atoms with Gasteiger partial charge in [-0.15, -0.1) is 323 Å². The van der Waals surface area contributed by atoms with Gasteiger partial charge in [-0.25, -0.2) is 0 Å². The van der Waals surface area contributed by atoms with Crippen LogP contribution in [0.15, 0.2) is 522 Å². The number of pyridine rings is 9. The van der Waals surface area contributed by atoms with E-state index in [-0.39, 0.29) is 60.3 Å². The summed E-state index contributed by atoms with van der Waals surface area (Å²) >= 11 is 0. The van der Waals surface area contributed by atoms with Crippen molar-refractivity contribution in [1.82, 2.24) is 44.9 Å². The van der Waals surface area contributed by atoms with E-state index in [0.717, 1.165) is 118 Å². The normalized spacial score (nSPS) is 9.90. The Hall–Kier alpha value is -15.8. The maximum atomic E-state index is 4.61. The first kappa shape index (κ1) is 98.2. The third-order valence-corrected chi connectivity index (χ3v) is 20.1. The van der Waals surface area contributed by atoms with Gasteiger partial charge in [0.25, 0.3) is 0 Å². The van der Waals surface area contributed by atoms with Gasteiger partial charge in [0.15, 0.2) is 0 Å². The first-order chi connectivity index (χ1) is 65.5. The van der Waals surface area contributed by atoms with E-state index in [4.69, 9.17) is 0 Å². The van der Waals surface area contributed by atoms with Crippen molar-refractivity contribution in [1.29, 1.82) is 0 Å². The molecule has 0 aliphatic carbocycles. The Morgan fingerprint density at radius 3 is 0.637 bits per heavy atom. The van der Waals surface area contributed by atoms with Crippen LogP contribution >= 0.6 is 0 Å². The van der Waals surface area contributed by atoms with Crippen LogP contribution in [-0.4, -0.2) is 44.9 Å². The van der Waals surface area contributed by atoms with Gasteiger partial charge in [0.1, 0.15) is 0 Å². The second-order valence-corrected chi connectivity index (χ2v) is 29.1. The molecule has 0 spiro atoms. The van der Waals surface area contributed by atoms with Gasteiger partial charge in [-0.1, -0.05) is 218 Å². The molecule has 9 aromatic heterocycles. The molecule has 0 radical (unpaired) electrons. The van der Waals surface area contributed by atoms with E-state index in [1.54, 1.807) is 31.0 Å². The Balaban J connectivity index is 0.000000137. The number of hydrogen-bond acceptors (Lipinski definition) is 9. The van der Waals surface area contributed by atoms with Crippen molar-refractivity contribution in [2.45, 2.75) is 0 Å². The molecule has 0 aliphatic heterocycles. The second-order valence-electron chi connectivity index (χ2n) is 29.1. The number of para-hydroxylation sites is 3. The van der Waals surface area contributed by atoms with Crippen molar-refractivity contribution < 1.29 is 60.3 Å². The van der Waals surface area contributed by atoms with Gasteiger partial charge < -0.3 is 29.9 Å². The number of hydrogen-bond donors (Lipinski definition) is 0. The van der Waals surface area contributed by atoms with Crippen LogP contribution in [0.25, 0.3) is 156 Å². The first-order valence-electron chi connectivity index (χ1n) is 43.0. The maximum Gasteiger partial charge on any atom is 3.00 e. The molecule has 9 heterocycles. The third kappa shape index (κ3) is 30.6. The van der Waals surface area contributed by atoms with E-state index in [2.05, 4.69) is 178 Å². The molecule has 0 aliphatic rings. The van der Waals surface area contributed by atoms with Crippen molar-refractivity contribution in [3.05, 3.63) is 577 Å². The molecule has 135 heavy (non-hydrogen) atoms. The molecule has 0 saturated carbocycles. The Kier molecular flexibility index (Phi) is 39.8. The number of aromatic nitrogens is 9. The summed E-state index contributed by atoms with van der Waals surface area (Å²) in [5, 5.41) is 3.51. The van der Waals surface area contributed by atoms with Gasteiger partial charge >= 0.3 is 60.3 Å². The van der Waals surface area contributed by atoms with E-state index >= 15 is 0 Å². The van der Waals surface area contributed by atoms with E-state index in [1.165, 1.54) is 38.4 Å². The van der Waals surface area contributed by atoms with Crippen LogP contribution in [0, 0.1) is 54.6 Å². The Morgan fingerprint density at radius 2 is 0.363 bits per heavy atom. The van der Waals surface area contributed by atoms with Gasteiger partial charge in [-0.3, -0.25) is 15.0 Å². The van der Waals surface area contributed by atoms with Crippen molar-refractivity contribution in [3.63, 3.8) is 0 Å². The monoisotopic (exact) mass is 2270 g/mol. The minimum Gasteiger partial charge on any atom is -0.305 e. The zero-order valence-electron chi connectivity index (χ0n) is 73.2. The molecule has 23 aromatic rings. The predicted octanol–water partition coefficient (Wildman–Crippen LogP) is 29.7. The van der Waals surface area contributed by atoms with Crippen LogP contribution in [0.2, 0.25) is 0 Å². The molecule has 0 unspecified atom stereocenters. The van der Waals surface area contributed by atoms with Gasteiger partial charge in [0.05, 0.1) is 16.6 Å². The molecule has 0 N–H and O–H groups in total. The first-order valence-corrected chi connectivity index (χ1v) is 43.0. The molecule has 12 heteroatoms. The fourth-order valence-electron chi connectivity index (χ4n) is 13.5. The quantitative estimate of drug-likeness (QED) is 0.117. The molecule has 0 amide bonds. The molecular formula is C123H86Ir3N9. The fourth-order valence-corrected chi connectivity index (χ4v) is 13.5. The minimum absolute atomic E-state index is 0. The van der Waals surface area contributed by atoms with Crippen LogP contribution in [0.1, 0.15) is 0 Å². The van der Waals surface area contributed by atoms with Gasteiger partial charge in [0.2, 0.25) is 0 Å². The fraction of sp³-hybridized carbons (Fsp3) is 0. The van der Waals surface area contributed by atoms with Crippen molar-refractivity contribution in [2.24, 2.45) is 0 Å². The molecule has 0 bridgehead atoms. The second kappa shape index (κ2) is 54.7. The molecule has 0 fully saturated rings. The summed E-state index contributed by atoms with van der Waals surface area (Å²) in [7, 11) is 0. The summed E-state index contributed by atoms with van der Waals surface area (Å²) in [5.41, 5.74) is 25.9. The third-order valence-electron chi connectivity index (χ3n) is 20.1. The Labute approximate surface area is 831 Å². The molecule has 14 aromatic carbocycles. The number of fused-ring (bicyclic) bond motifs is 3. The minimum atomic E-state index is 0. The number of benzene rings is 14. The van der Waals surface area contributed by atoms with Crippen LogP contribution in [-0.2, 0) is 60.3 Å². The summed E-state index contributed by atoms with van der Waals surface area (Å²) in [6, 6.07) is 189. The predicted molar refractivity (Wildman–Crippen MR) is 540 cm³/mol. The summed E-state index contributed by atoms with van der Waals surface area (Å²) in [5.74, 6) is 0. The zero-order chi connectivity index (χ0) is 89.7. The maximum absolute atomic E-state index is 4.61. The van der Waals surface area contributed by atoms with E-state index in [1.807, 2.05) is 413 Å². The van der Waals surface area contributed by atoms with Crippen LogP contribution < -0.4 is 0 Å². The summed E-state index contributed by atoms with van der Waals surface area (Å²) in [6.45, 7) is 0. The number of rotatable bonds is 11.